The average Bonchev–Trinajstić information content (AvgIpc) is 3.23. The molecule has 6 heteroatoms. The van der Waals surface area contributed by atoms with Gasteiger partial charge in [-0.1, -0.05) is 6.07 Å². The molecule has 2 aromatic carbocycles. The van der Waals surface area contributed by atoms with Gasteiger partial charge in [0, 0.05) is 22.6 Å². The maximum absolute atomic E-state index is 12.8. The third-order valence-electron chi connectivity index (χ3n) is 4.59. The lowest BCUT2D eigenvalue weighted by molar-refractivity contribution is 0.102. The number of nitrogens with zero attached hydrogens (tertiary/aromatic N) is 2. The van der Waals surface area contributed by atoms with E-state index in [1.54, 1.807) is 31.4 Å². The van der Waals surface area contributed by atoms with Crippen LogP contribution in [0.5, 0.6) is 5.75 Å². The zero-order chi connectivity index (χ0) is 19.0. The number of carbonyl (C=O) groups excluding carboxylic acids is 1. The highest BCUT2D eigenvalue weighted by molar-refractivity contribution is 7.98. The molecule has 0 spiro atoms. The van der Waals surface area contributed by atoms with Gasteiger partial charge in [0.25, 0.3) is 5.91 Å². The number of amides is 1. The predicted molar refractivity (Wildman–Crippen MR) is 109 cm³/mol. The lowest BCUT2D eigenvalue weighted by Gasteiger charge is -2.12. The Morgan fingerprint density at radius 3 is 2.48 bits per heavy atom. The number of fused-ring (bicyclic) bond motifs is 1. The van der Waals surface area contributed by atoms with E-state index in [-0.39, 0.29) is 5.91 Å². The Morgan fingerprint density at radius 2 is 1.81 bits per heavy atom. The van der Waals surface area contributed by atoms with Crippen molar-refractivity contribution in [2.75, 3.05) is 12.4 Å². The number of benzene rings is 2. The lowest BCUT2D eigenvalue weighted by Crippen LogP contribution is -2.16. The van der Waals surface area contributed by atoms with E-state index in [0.29, 0.717) is 5.56 Å². The van der Waals surface area contributed by atoms with E-state index in [9.17, 15) is 4.79 Å². The van der Waals surface area contributed by atoms with Gasteiger partial charge in [-0.15, -0.1) is 0 Å². The molecular weight excluding hydrogens is 358 g/mol. The molecule has 27 heavy (non-hydrogen) atoms. The van der Waals surface area contributed by atoms with Gasteiger partial charge in [-0.25, -0.2) is 4.68 Å². The van der Waals surface area contributed by atoms with Gasteiger partial charge in [0.05, 0.1) is 18.5 Å². The van der Waals surface area contributed by atoms with Crippen molar-refractivity contribution in [3.8, 4) is 11.4 Å². The summed E-state index contributed by atoms with van der Waals surface area (Å²) in [7, 11) is 1.61. The topological polar surface area (TPSA) is 56.1 Å². The second-order valence-electron chi connectivity index (χ2n) is 6.71. The quantitative estimate of drug-likeness (QED) is 0.725. The summed E-state index contributed by atoms with van der Waals surface area (Å²) in [5.74, 6) is 3.07. The number of methoxy groups -OCH3 is 1. The van der Waals surface area contributed by atoms with Crippen LogP contribution in [0.2, 0.25) is 0 Å². The van der Waals surface area contributed by atoms with Gasteiger partial charge < -0.3 is 10.1 Å². The summed E-state index contributed by atoms with van der Waals surface area (Å²) >= 11 is 1.82. The van der Waals surface area contributed by atoms with Crippen molar-refractivity contribution < 1.29 is 9.53 Å². The van der Waals surface area contributed by atoms with Crippen LogP contribution < -0.4 is 10.1 Å². The van der Waals surface area contributed by atoms with Crippen LogP contribution in [0.15, 0.2) is 42.5 Å². The largest absolute Gasteiger partial charge is 0.497 e. The second-order valence-corrected chi connectivity index (χ2v) is 7.69. The van der Waals surface area contributed by atoms with Gasteiger partial charge in [0.15, 0.2) is 0 Å². The van der Waals surface area contributed by atoms with Gasteiger partial charge >= 0.3 is 0 Å². The normalized spacial score (nSPS) is 12.7. The molecule has 1 amide bonds. The van der Waals surface area contributed by atoms with Gasteiger partial charge in [0.2, 0.25) is 0 Å². The molecule has 5 nitrogen and oxygen atoms in total. The third-order valence-corrected chi connectivity index (χ3v) is 5.56. The fourth-order valence-electron chi connectivity index (χ4n) is 3.32. The molecule has 0 radical (unpaired) electrons. The molecule has 0 saturated heterocycles. The summed E-state index contributed by atoms with van der Waals surface area (Å²) < 4.78 is 7.03. The summed E-state index contributed by atoms with van der Waals surface area (Å²) in [6.07, 6.45) is 0. The van der Waals surface area contributed by atoms with E-state index in [4.69, 9.17) is 9.84 Å². The minimum absolute atomic E-state index is 0.150. The Balaban J connectivity index is 1.72. The molecule has 3 aromatic rings. The van der Waals surface area contributed by atoms with Crippen molar-refractivity contribution in [2.45, 2.75) is 25.4 Å². The third kappa shape index (κ3) is 3.45. The number of nitrogens with one attached hydrogen (secondary N) is 1. The van der Waals surface area contributed by atoms with Crippen LogP contribution in [0, 0.1) is 13.8 Å². The van der Waals surface area contributed by atoms with Crippen LogP contribution in [-0.2, 0) is 11.5 Å². The molecule has 0 fully saturated rings. The predicted octanol–water partition coefficient (Wildman–Crippen LogP) is 4.50. The van der Waals surface area contributed by atoms with Crippen molar-refractivity contribution in [3.05, 3.63) is 70.4 Å². The number of aromatic nitrogens is 2. The second kappa shape index (κ2) is 7.12. The lowest BCUT2D eigenvalue weighted by atomic mass is 10.1. The summed E-state index contributed by atoms with van der Waals surface area (Å²) in [5.41, 5.74) is 6.05. The Bertz CT molecular complexity index is 989. The molecule has 1 aromatic heterocycles. The minimum Gasteiger partial charge on any atom is -0.497 e. The molecular formula is C21H21N3O2S. The summed E-state index contributed by atoms with van der Waals surface area (Å²) in [5, 5.41) is 7.87. The van der Waals surface area contributed by atoms with E-state index in [1.165, 1.54) is 11.1 Å². The number of rotatable bonds is 4. The van der Waals surface area contributed by atoms with Gasteiger partial charge in [0.1, 0.15) is 11.6 Å². The monoisotopic (exact) mass is 379 g/mol. The molecule has 0 saturated carbocycles. The Kier molecular flexibility index (Phi) is 4.66. The minimum atomic E-state index is -0.150. The zero-order valence-corrected chi connectivity index (χ0v) is 16.4. The fourth-order valence-corrected chi connectivity index (χ4v) is 4.36. The first kappa shape index (κ1) is 17.7. The first-order valence-corrected chi connectivity index (χ1v) is 9.93. The molecule has 4 rings (SSSR count). The van der Waals surface area contributed by atoms with Crippen LogP contribution in [0.1, 0.15) is 32.7 Å². The smallest absolute Gasteiger partial charge is 0.256 e. The van der Waals surface area contributed by atoms with Crippen LogP contribution in [0.25, 0.3) is 5.69 Å². The van der Waals surface area contributed by atoms with Crippen molar-refractivity contribution >= 4 is 23.5 Å². The molecule has 1 aliphatic heterocycles. The number of anilines is 1. The number of ether oxygens (including phenoxy) is 1. The highest BCUT2D eigenvalue weighted by Gasteiger charge is 2.25. The highest BCUT2D eigenvalue weighted by atomic mass is 32.2. The van der Waals surface area contributed by atoms with Crippen LogP contribution in [0.3, 0.4) is 0 Å². The van der Waals surface area contributed by atoms with E-state index >= 15 is 0 Å². The Morgan fingerprint density at radius 1 is 1.11 bits per heavy atom. The van der Waals surface area contributed by atoms with Gasteiger partial charge in [-0.3, -0.25) is 4.79 Å². The van der Waals surface area contributed by atoms with E-state index < -0.39 is 0 Å². The van der Waals surface area contributed by atoms with Gasteiger partial charge in [-0.05, 0) is 61.4 Å². The molecule has 2 heterocycles. The molecule has 138 valence electrons. The zero-order valence-electron chi connectivity index (χ0n) is 15.6. The van der Waals surface area contributed by atoms with Gasteiger partial charge in [-0.2, -0.15) is 16.9 Å². The fraction of sp³-hybridized carbons (Fsp3) is 0.238. The summed E-state index contributed by atoms with van der Waals surface area (Å²) in [4.78, 5) is 12.8. The number of hydrogen-bond donors (Lipinski definition) is 1. The van der Waals surface area contributed by atoms with E-state index in [2.05, 4.69) is 37.4 Å². The molecule has 1 aliphatic rings. The highest BCUT2D eigenvalue weighted by Crippen LogP contribution is 2.36. The summed E-state index contributed by atoms with van der Waals surface area (Å²) in [6.45, 7) is 4.14. The molecule has 1 N–H and O–H groups in total. The first-order chi connectivity index (χ1) is 13.0. The molecule has 0 unspecified atom stereocenters. The van der Waals surface area contributed by atoms with Crippen LogP contribution in [-0.4, -0.2) is 22.8 Å². The number of thioether (sulfide) groups is 1. The Hall–Kier alpha value is -2.73. The molecule has 0 bridgehead atoms. The average molecular weight is 379 g/mol. The van der Waals surface area contributed by atoms with Crippen molar-refractivity contribution in [2.24, 2.45) is 0 Å². The maximum Gasteiger partial charge on any atom is 0.256 e. The summed E-state index contributed by atoms with van der Waals surface area (Å²) in [6, 6.07) is 13.4. The van der Waals surface area contributed by atoms with E-state index in [0.717, 1.165) is 40.0 Å². The van der Waals surface area contributed by atoms with Crippen LogP contribution >= 0.6 is 11.8 Å². The van der Waals surface area contributed by atoms with Crippen molar-refractivity contribution in [1.82, 2.24) is 9.78 Å². The number of carbonyl (C=O) groups is 1. The SMILES string of the molecule is COc1ccc(C(=O)Nc2c3c(nn2-c2cc(C)cc(C)c2)CSC3)cc1. The standard InChI is InChI=1S/C21H21N3O2S/c1-13-8-14(2)10-16(9-13)24-20(18-11-27-12-19(18)23-24)22-21(25)15-4-6-17(26-3)7-5-15/h4-10H,11-12H2,1-3H3,(H,22,25). The Labute approximate surface area is 162 Å². The molecule has 0 aliphatic carbocycles. The number of aryl methyl sites for hydroxylation is 2. The van der Waals surface area contributed by atoms with E-state index in [1.807, 2.05) is 16.4 Å². The number of hydrogen-bond acceptors (Lipinski definition) is 4. The van der Waals surface area contributed by atoms with Crippen molar-refractivity contribution in [1.29, 1.82) is 0 Å². The van der Waals surface area contributed by atoms with Crippen LogP contribution in [0.4, 0.5) is 5.82 Å². The first-order valence-electron chi connectivity index (χ1n) is 8.78. The maximum atomic E-state index is 12.8. The molecule has 0 atom stereocenters. The van der Waals surface area contributed by atoms with Crippen molar-refractivity contribution in [3.63, 3.8) is 0 Å².